The summed E-state index contributed by atoms with van der Waals surface area (Å²) in [5.41, 5.74) is 0.465. The van der Waals surface area contributed by atoms with Crippen LogP contribution in [0.1, 0.15) is 22.2 Å². The van der Waals surface area contributed by atoms with Gasteiger partial charge in [-0.2, -0.15) is 9.36 Å². The first-order chi connectivity index (χ1) is 13.4. The van der Waals surface area contributed by atoms with Crippen molar-refractivity contribution in [1.82, 2.24) is 19.8 Å². The van der Waals surface area contributed by atoms with E-state index >= 15 is 0 Å². The third-order valence-corrected chi connectivity index (χ3v) is 5.11. The van der Waals surface area contributed by atoms with Crippen LogP contribution in [-0.4, -0.2) is 38.3 Å². The van der Waals surface area contributed by atoms with Crippen LogP contribution in [0, 0.1) is 6.92 Å². The lowest BCUT2D eigenvalue weighted by molar-refractivity contribution is -0.117. The molecule has 0 radical (unpaired) electrons. The minimum atomic E-state index is -0.599. The monoisotopic (exact) mass is 421 g/mol. The molecule has 1 N–H and O–H groups in total. The van der Waals surface area contributed by atoms with Crippen LogP contribution in [-0.2, 0) is 16.1 Å². The highest BCUT2D eigenvalue weighted by Crippen LogP contribution is 2.27. The fourth-order valence-corrected chi connectivity index (χ4v) is 3.60. The molecule has 146 valence electrons. The molecule has 0 saturated carbocycles. The molecule has 9 nitrogen and oxygen atoms in total. The third kappa shape index (κ3) is 4.12. The second kappa shape index (κ2) is 8.36. The molecule has 0 saturated heterocycles. The summed E-state index contributed by atoms with van der Waals surface area (Å²) in [7, 11) is 0. The minimum Gasteiger partial charge on any atom is -0.462 e. The van der Waals surface area contributed by atoms with Crippen molar-refractivity contribution in [1.29, 1.82) is 0 Å². The van der Waals surface area contributed by atoms with E-state index in [2.05, 4.69) is 15.7 Å². The van der Waals surface area contributed by atoms with Gasteiger partial charge in [0.2, 0.25) is 5.91 Å². The average Bonchev–Trinajstić information content (AvgIpc) is 3.19. The number of nitrogens with one attached hydrogen (secondary N) is 1. The normalized spacial score (nSPS) is 10.7. The molecule has 28 heavy (non-hydrogen) atoms. The molecule has 0 atom stereocenters. The van der Waals surface area contributed by atoms with Gasteiger partial charge in [-0.25, -0.2) is 9.59 Å². The van der Waals surface area contributed by atoms with Gasteiger partial charge < -0.3 is 10.1 Å². The Bertz CT molecular complexity index is 1090. The van der Waals surface area contributed by atoms with Crippen molar-refractivity contribution in [2.75, 3.05) is 11.9 Å². The molecule has 3 aromatic rings. The first kappa shape index (κ1) is 19.8. The van der Waals surface area contributed by atoms with Gasteiger partial charge in [0.05, 0.1) is 22.3 Å². The smallest absolute Gasteiger partial charge is 0.369 e. The fraction of sp³-hybridized carbons (Fsp3) is 0.235. The summed E-state index contributed by atoms with van der Waals surface area (Å²) in [5.74, 6) is -0.922. The minimum absolute atomic E-state index is 0.266. The quantitative estimate of drug-likeness (QED) is 0.611. The van der Waals surface area contributed by atoms with Crippen molar-refractivity contribution in [2.45, 2.75) is 20.4 Å². The van der Waals surface area contributed by atoms with Gasteiger partial charge in [0.25, 0.3) is 0 Å². The summed E-state index contributed by atoms with van der Waals surface area (Å²) >= 11 is 7.17. The maximum absolute atomic E-state index is 12.4. The number of hydrogen-bond donors (Lipinski definition) is 1. The van der Waals surface area contributed by atoms with Crippen LogP contribution in [0.3, 0.4) is 0 Å². The number of aryl methyl sites for hydroxylation is 1. The molecule has 1 amide bonds. The Morgan fingerprint density at radius 3 is 2.75 bits per heavy atom. The van der Waals surface area contributed by atoms with E-state index in [1.54, 1.807) is 44.2 Å². The van der Waals surface area contributed by atoms with Gasteiger partial charge >= 0.3 is 11.7 Å². The molecule has 2 heterocycles. The SMILES string of the molecule is CCOC(=O)c1sc(NC(=O)Cn2nnn(-c3ccccc3Cl)c2=O)cc1C. The number of esters is 1. The highest BCUT2D eigenvalue weighted by atomic mass is 35.5. The molecule has 0 aliphatic carbocycles. The molecular formula is C17H16ClN5O4S. The molecule has 3 rings (SSSR count). The van der Waals surface area contributed by atoms with E-state index in [1.807, 2.05) is 0 Å². The number of rotatable bonds is 6. The molecule has 0 aliphatic rings. The van der Waals surface area contributed by atoms with E-state index in [9.17, 15) is 14.4 Å². The topological polar surface area (TPSA) is 108 Å². The van der Waals surface area contributed by atoms with Crippen LogP contribution >= 0.6 is 22.9 Å². The second-order valence-electron chi connectivity index (χ2n) is 5.67. The fourth-order valence-electron chi connectivity index (χ4n) is 2.40. The second-order valence-corrected chi connectivity index (χ2v) is 7.13. The Kier molecular flexibility index (Phi) is 5.90. The Balaban J connectivity index is 1.73. The molecule has 1 aromatic carbocycles. The summed E-state index contributed by atoms with van der Waals surface area (Å²) < 4.78 is 6.91. The lowest BCUT2D eigenvalue weighted by Gasteiger charge is -2.02. The lowest BCUT2D eigenvalue weighted by atomic mass is 10.3. The van der Waals surface area contributed by atoms with E-state index < -0.39 is 17.6 Å². The molecular weight excluding hydrogens is 406 g/mol. The predicted octanol–water partition coefficient (Wildman–Crippen LogP) is 2.27. The van der Waals surface area contributed by atoms with Gasteiger partial charge in [0.1, 0.15) is 11.4 Å². The summed E-state index contributed by atoms with van der Waals surface area (Å²) in [6, 6.07) is 8.34. The van der Waals surface area contributed by atoms with Gasteiger partial charge in [0.15, 0.2) is 0 Å². The zero-order chi connectivity index (χ0) is 20.3. The Morgan fingerprint density at radius 2 is 2.04 bits per heavy atom. The average molecular weight is 422 g/mol. The van der Waals surface area contributed by atoms with Gasteiger partial charge in [-0.15, -0.1) is 11.3 Å². The van der Waals surface area contributed by atoms with E-state index in [-0.39, 0.29) is 13.2 Å². The first-order valence-corrected chi connectivity index (χ1v) is 9.45. The van der Waals surface area contributed by atoms with E-state index in [4.69, 9.17) is 16.3 Å². The number of halogens is 1. The van der Waals surface area contributed by atoms with Crippen LogP contribution in [0.25, 0.3) is 5.69 Å². The number of thiophene rings is 1. The molecule has 0 fully saturated rings. The van der Waals surface area contributed by atoms with Crippen LogP contribution < -0.4 is 11.0 Å². The number of benzene rings is 1. The van der Waals surface area contributed by atoms with Crippen molar-refractivity contribution in [3.63, 3.8) is 0 Å². The van der Waals surface area contributed by atoms with Crippen molar-refractivity contribution < 1.29 is 14.3 Å². The summed E-state index contributed by atoms with van der Waals surface area (Å²) in [6.45, 7) is 3.39. The molecule has 11 heteroatoms. The zero-order valence-electron chi connectivity index (χ0n) is 15.0. The molecule has 2 aromatic heterocycles. The number of anilines is 1. The number of para-hydroxylation sites is 1. The predicted molar refractivity (Wildman–Crippen MR) is 104 cm³/mol. The van der Waals surface area contributed by atoms with E-state index in [1.165, 1.54) is 0 Å². The zero-order valence-corrected chi connectivity index (χ0v) is 16.6. The summed E-state index contributed by atoms with van der Waals surface area (Å²) in [4.78, 5) is 37.0. The number of amides is 1. The first-order valence-electron chi connectivity index (χ1n) is 8.25. The standard InChI is InChI=1S/C17H16ClN5O4S/c1-3-27-16(25)15-10(2)8-14(28-15)19-13(24)9-22-17(26)23(21-20-22)12-7-5-4-6-11(12)18/h4-8H,3,9H2,1-2H3,(H,19,24). The van der Waals surface area contributed by atoms with Gasteiger partial charge in [-0.05, 0) is 48.0 Å². The summed E-state index contributed by atoms with van der Waals surface area (Å²) in [6.07, 6.45) is 0. The Hall–Kier alpha value is -2.98. The van der Waals surface area contributed by atoms with Crippen molar-refractivity contribution in [2.24, 2.45) is 0 Å². The van der Waals surface area contributed by atoms with Crippen LogP contribution in [0.2, 0.25) is 5.02 Å². The highest BCUT2D eigenvalue weighted by molar-refractivity contribution is 7.18. The van der Waals surface area contributed by atoms with E-state index in [0.717, 1.165) is 20.7 Å². The highest BCUT2D eigenvalue weighted by Gasteiger charge is 2.18. The maximum Gasteiger partial charge on any atom is 0.369 e. The molecule has 0 unspecified atom stereocenters. The van der Waals surface area contributed by atoms with Crippen molar-refractivity contribution in [3.8, 4) is 5.69 Å². The largest absolute Gasteiger partial charge is 0.462 e. The van der Waals surface area contributed by atoms with Crippen LogP contribution in [0.5, 0.6) is 0 Å². The molecule has 0 bridgehead atoms. The Labute approximate surface area is 168 Å². The lowest BCUT2D eigenvalue weighted by Crippen LogP contribution is -2.29. The maximum atomic E-state index is 12.4. The molecule has 0 spiro atoms. The molecule has 0 aliphatic heterocycles. The Morgan fingerprint density at radius 1 is 1.29 bits per heavy atom. The van der Waals surface area contributed by atoms with Gasteiger partial charge in [-0.3, -0.25) is 4.79 Å². The van der Waals surface area contributed by atoms with Gasteiger partial charge in [0, 0.05) is 0 Å². The number of aromatic nitrogens is 4. The number of tetrazole rings is 1. The van der Waals surface area contributed by atoms with E-state index in [0.29, 0.717) is 26.2 Å². The number of ether oxygens (including phenoxy) is 1. The number of carbonyl (C=O) groups is 2. The van der Waals surface area contributed by atoms with Crippen molar-refractivity contribution >= 4 is 39.8 Å². The summed E-state index contributed by atoms with van der Waals surface area (Å²) in [5, 5.41) is 10.9. The van der Waals surface area contributed by atoms with Crippen molar-refractivity contribution in [3.05, 3.63) is 56.3 Å². The number of nitrogens with zero attached hydrogens (tertiary/aromatic N) is 4. The van der Waals surface area contributed by atoms with Crippen LogP contribution in [0.15, 0.2) is 35.1 Å². The third-order valence-electron chi connectivity index (χ3n) is 3.65. The van der Waals surface area contributed by atoms with Gasteiger partial charge in [-0.1, -0.05) is 23.7 Å². The number of hydrogen-bond acceptors (Lipinski definition) is 7. The van der Waals surface area contributed by atoms with Crippen LogP contribution in [0.4, 0.5) is 5.00 Å². The number of carbonyl (C=O) groups excluding carboxylic acids is 2.